The summed E-state index contributed by atoms with van der Waals surface area (Å²) >= 11 is 2.11. The van der Waals surface area contributed by atoms with Crippen LogP contribution in [0.5, 0.6) is 0 Å². The summed E-state index contributed by atoms with van der Waals surface area (Å²) in [6.07, 6.45) is 11.2. The zero-order valence-corrected chi connectivity index (χ0v) is 10.2. The summed E-state index contributed by atoms with van der Waals surface area (Å²) in [6, 6.07) is 0.824. The van der Waals surface area contributed by atoms with Crippen LogP contribution in [0, 0.1) is 11.8 Å². The summed E-state index contributed by atoms with van der Waals surface area (Å²) in [5.41, 5.74) is 0. The van der Waals surface area contributed by atoms with Gasteiger partial charge in [0.2, 0.25) is 0 Å². The van der Waals surface area contributed by atoms with E-state index >= 15 is 0 Å². The molecule has 0 amide bonds. The lowest BCUT2D eigenvalue weighted by molar-refractivity contribution is 0.185. The Balaban J connectivity index is 1.73. The molecule has 1 N–H and O–H groups in total. The number of fused-ring (bicyclic) bond motifs is 2. The van der Waals surface area contributed by atoms with Crippen molar-refractivity contribution >= 4 is 11.8 Å². The van der Waals surface area contributed by atoms with Crippen molar-refractivity contribution in [2.24, 2.45) is 11.8 Å². The Morgan fingerprint density at radius 1 is 1.40 bits per heavy atom. The molecule has 0 radical (unpaired) electrons. The largest absolute Gasteiger partial charge is 0.362 e. The molecule has 0 spiro atoms. The maximum atomic E-state index is 3.44. The van der Waals surface area contributed by atoms with Gasteiger partial charge in [-0.1, -0.05) is 6.08 Å². The van der Waals surface area contributed by atoms with Gasteiger partial charge < -0.3 is 4.90 Å². The molecule has 3 heteroatoms. The highest BCUT2D eigenvalue weighted by atomic mass is 32.2. The van der Waals surface area contributed by atoms with Crippen LogP contribution in [-0.2, 0) is 0 Å². The van der Waals surface area contributed by atoms with Gasteiger partial charge in [0.1, 0.15) is 0 Å². The average Bonchev–Trinajstić information content (AvgIpc) is 2.86. The Bertz CT molecular complexity index is 266. The molecule has 2 fully saturated rings. The third-order valence-electron chi connectivity index (χ3n) is 4.35. The molecule has 15 heavy (non-hydrogen) atoms. The Labute approximate surface area is 96.5 Å². The van der Waals surface area contributed by atoms with Gasteiger partial charge in [0.25, 0.3) is 0 Å². The van der Waals surface area contributed by atoms with E-state index in [9.17, 15) is 0 Å². The second kappa shape index (κ2) is 4.02. The first-order chi connectivity index (χ1) is 7.40. The van der Waals surface area contributed by atoms with Gasteiger partial charge >= 0.3 is 0 Å². The van der Waals surface area contributed by atoms with E-state index in [1.54, 1.807) is 0 Å². The van der Waals surface area contributed by atoms with Gasteiger partial charge in [0, 0.05) is 17.8 Å². The minimum Gasteiger partial charge on any atom is -0.362 e. The van der Waals surface area contributed by atoms with E-state index in [2.05, 4.69) is 40.5 Å². The number of nitrogens with one attached hydrogen (secondary N) is 1. The first-order valence-electron chi connectivity index (χ1n) is 6.06. The lowest BCUT2D eigenvalue weighted by atomic mass is 9.94. The Morgan fingerprint density at radius 3 is 3.00 bits per heavy atom. The van der Waals surface area contributed by atoms with E-state index in [4.69, 9.17) is 0 Å². The van der Waals surface area contributed by atoms with Gasteiger partial charge in [-0.05, 0) is 43.6 Å². The Morgan fingerprint density at radius 2 is 2.33 bits per heavy atom. The average molecular weight is 224 g/mol. The molecular formula is C12H20N2S. The molecule has 1 heterocycles. The second-order valence-electron chi connectivity index (χ2n) is 5.02. The normalized spacial score (nSPS) is 43.9. The molecule has 2 saturated carbocycles. The maximum absolute atomic E-state index is 3.44. The van der Waals surface area contributed by atoms with Crippen LogP contribution in [-0.4, -0.2) is 35.7 Å². The molecule has 0 aromatic rings. The zero-order chi connectivity index (χ0) is 10.3. The van der Waals surface area contributed by atoms with Gasteiger partial charge in [-0.2, -0.15) is 11.8 Å². The number of hydrogen-bond acceptors (Lipinski definition) is 3. The summed E-state index contributed by atoms with van der Waals surface area (Å²) in [5, 5.41) is 4.39. The fraction of sp³-hybridized carbons (Fsp3) is 0.833. The summed E-state index contributed by atoms with van der Waals surface area (Å²) in [7, 11) is 0. The number of nitrogens with zero attached hydrogens (tertiary/aromatic N) is 1. The van der Waals surface area contributed by atoms with Crippen molar-refractivity contribution in [3.8, 4) is 0 Å². The maximum Gasteiger partial charge on any atom is 0.0682 e. The minimum absolute atomic E-state index is 0.824. The molecule has 4 unspecified atom stereocenters. The number of thioether (sulfide) groups is 1. The first-order valence-corrected chi connectivity index (χ1v) is 7.35. The minimum atomic E-state index is 0.824. The molecular weight excluding hydrogens is 204 g/mol. The fourth-order valence-electron chi connectivity index (χ4n) is 3.73. The van der Waals surface area contributed by atoms with Crippen LogP contribution >= 0.6 is 11.8 Å². The van der Waals surface area contributed by atoms with Crippen molar-refractivity contribution in [3.05, 3.63) is 12.3 Å². The molecule has 2 aliphatic carbocycles. The van der Waals surface area contributed by atoms with Crippen molar-refractivity contribution in [2.45, 2.75) is 30.6 Å². The van der Waals surface area contributed by atoms with E-state index in [1.807, 2.05) is 0 Å². The van der Waals surface area contributed by atoms with Crippen LogP contribution in [0.25, 0.3) is 0 Å². The van der Waals surface area contributed by atoms with Gasteiger partial charge in [0.05, 0.1) is 6.67 Å². The van der Waals surface area contributed by atoms with Crippen LogP contribution in [0.4, 0.5) is 0 Å². The summed E-state index contributed by atoms with van der Waals surface area (Å²) in [4.78, 5) is 2.54. The van der Waals surface area contributed by atoms with Crippen LogP contribution in [0.3, 0.4) is 0 Å². The summed E-state index contributed by atoms with van der Waals surface area (Å²) in [5.74, 6) is 1.96. The quantitative estimate of drug-likeness (QED) is 0.771. The number of hydrogen-bond donors (Lipinski definition) is 1. The Kier molecular flexibility index (Phi) is 2.69. The molecule has 0 aromatic carbocycles. The van der Waals surface area contributed by atoms with Gasteiger partial charge in [-0.25, -0.2) is 0 Å². The van der Waals surface area contributed by atoms with E-state index in [-0.39, 0.29) is 0 Å². The highest BCUT2D eigenvalue weighted by Gasteiger charge is 2.49. The molecule has 3 aliphatic rings. The lowest BCUT2D eigenvalue weighted by Crippen LogP contribution is -2.43. The van der Waals surface area contributed by atoms with Crippen molar-refractivity contribution in [2.75, 3.05) is 19.5 Å². The zero-order valence-electron chi connectivity index (χ0n) is 9.36. The van der Waals surface area contributed by atoms with E-state index in [0.29, 0.717) is 0 Å². The standard InChI is InChI=1S/C12H20N2S/c1-15-12-9-3-4-10(12)11(7-9)14-6-2-5-13-8-14/h2,6,9-13H,3-5,7-8H2,1H3. The van der Waals surface area contributed by atoms with Crippen LogP contribution in [0.1, 0.15) is 19.3 Å². The van der Waals surface area contributed by atoms with Crippen molar-refractivity contribution < 1.29 is 0 Å². The third kappa shape index (κ3) is 1.60. The summed E-state index contributed by atoms with van der Waals surface area (Å²) < 4.78 is 0. The highest BCUT2D eigenvalue weighted by molar-refractivity contribution is 7.99. The van der Waals surface area contributed by atoms with Gasteiger partial charge in [-0.15, -0.1) is 0 Å². The molecule has 2 bridgehead atoms. The van der Waals surface area contributed by atoms with Gasteiger partial charge in [0.15, 0.2) is 0 Å². The molecule has 84 valence electrons. The predicted octanol–water partition coefficient (Wildman–Crippen LogP) is 1.89. The second-order valence-corrected chi connectivity index (χ2v) is 6.03. The first kappa shape index (κ1) is 10.0. The van der Waals surface area contributed by atoms with Crippen molar-refractivity contribution in [1.82, 2.24) is 10.2 Å². The highest BCUT2D eigenvalue weighted by Crippen LogP contribution is 2.51. The van der Waals surface area contributed by atoms with Crippen LogP contribution in [0.15, 0.2) is 12.3 Å². The van der Waals surface area contributed by atoms with Crippen molar-refractivity contribution in [1.29, 1.82) is 0 Å². The smallest absolute Gasteiger partial charge is 0.0682 e. The molecule has 4 atom stereocenters. The van der Waals surface area contributed by atoms with Crippen LogP contribution < -0.4 is 5.32 Å². The lowest BCUT2D eigenvalue weighted by Gasteiger charge is -2.35. The van der Waals surface area contributed by atoms with E-state index in [1.165, 1.54) is 19.3 Å². The van der Waals surface area contributed by atoms with Crippen LogP contribution in [0.2, 0.25) is 0 Å². The monoisotopic (exact) mass is 224 g/mol. The topological polar surface area (TPSA) is 15.3 Å². The SMILES string of the molecule is CSC1C2CCC1C(N1C=CCNC1)C2. The molecule has 3 rings (SSSR count). The predicted molar refractivity (Wildman–Crippen MR) is 65.8 cm³/mol. The van der Waals surface area contributed by atoms with Crippen molar-refractivity contribution in [3.63, 3.8) is 0 Å². The summed E-state index contributed by atoms with van der Waals surface area (Å²) in [6.45, 7) is 2.11. The molecule has 2 nitrogen and oxygen atoms in total. The van der Waals surface area contributed by atoms with E-state index < -0.39 is 0 Å². The Hall–Kier alpha value is -0.150. The fourth-order valence-corrected chi connectivity index (χ4v) is 5.03. The molecule has 1 aliphatic heterocycles. The molecule has 0 aromatic heterocycles. The molecule has 0 saturated heterocycles. The van der Waals surface area contributed by atoms with E-state index in [0.717, 1.165) is 36.3 Å². The number of rotatable bonds is 2. The van der Waals surface area contributed by atoms with Gasteiger partial charge in [-0.3, -0.25) is 5.32 Å². The third-order valence-corrected chi connectivity index (χ3v) is 5.63.